The van der Waals surface area contributed by atoms with Crippen LogP contribution in [0.3, 0.4) is 0 Å². The molecule has 23 heavy (non-hydrogen) atoms. The first-order valence-electron chi connectivity index (χ1n) is 7.18. The molecule has 0 amide bonds. The molecule has 0 radical (unpaired) electrons. The van der Waals surface area contributed by atoms with Gasteiger partial charge in [-0.05, 0) is 32.0 Å². The van der Waals surface area contributed by atoms with E-state index in [0.29, 0.717) is 17.2 Å². The van der Waals surface area contributed by atoms with Gasteiger partial charge in [-0.1, -0.05) is 47.7 Å². The number of hydrogen-bond donors (Lipinski definition) is 1. The molecule has 0 heterocycles. The quantitative estimate of drug-likeness (QED) is 0.317. The van der Waals surface area contributed by atoms with Gasteiger partial charge in [-0.2, -0.15) is 0 Å². The maximum absolute atomic E-state index is 11.0. The first-order valence-corrected chi connectivity index (χ1v) is 7.56. The van der Waals surface area contributed by atoms with Crippen molar-refractivity contribution in [2.45, 2.75) is 32.3 Å². The lowest BCUT2D eigenvalue weighted by atomic mass is 10.0. The van der Waals surface area contributed by atoms with E-state index in [1.165, 1.54) is 6.20 Å². The van der Waals surface area contributed by atoms with Gasteiger partial charge in [0.05, 0.1) is 23.4 Å². The number of halogens is 1. The lowest BCUT2D eigenvalue weighted by Crippen LogP contribution is -2.18. The molecule has 0 aromatic heterocycles. The van der Waals surface area contributed by atoms with Crippen LogP contribution < -0.4 is 0 Å². The second-order valence-electron chi connectivity index (χ2n) is 4.92. The summed E-state index contributed by atoms with van der Waals surface area (Å²) >= 11 is 5.93. The molecule has 1 aromatic rings. The van der Waals surface area contributed by atoms with Crippen LogP contribution in [-0.4, -0.2) is 23.9 Å². The Morgan fingerprint density at radius 1 is 1.48 bits per heavy atom. The fourth-order valence-electron chi connectivity index (χ4n) is 1.99. The summed E-state index contributed by atoms with van der Waals surface area (Å²) in [6.45, 7) is 5.01. The fraction of sp³-hybridized carbons (Fsp3) is 0.278. The number of aliphatic imine (C=N–C) groups is 1. The van der Waals surface area contributed by atoms with E-state index in [-0.39, 0.29) is 6.42 Å². The van der Waals surface area contributed by atoms with Crippen molar-refractivity contribution < 1.29 is 14.6 Å². The molecule has 0 saturated heterocycles. The predicted molar refractivity (Wildman–Crippen MR) is 92.6 cm³/mol. The van der Waals surface area contributed by atoms with Crippen LogP contribution in [0.4, 0.5) is 0 Å². The number of carboxylic acid groups (broad SMARTS) is 1. The molecule has 0 fully saturated rings. The van der Waals surface area contributed by atoms with Crippen molar-refractivity contribution in [3.63, 3.8) is 0 Å². The standard InChI is InChI=1S/C18H20ClNO3/c1-14(12-16(19)10-11-20-2)23-17(13-18(21)22)9-8-15-6-4-3-5-7-15/h3-7,11-12,17H,2,8-9,13H2,1H3,(H,21,22)/b14-12+. The Labute approximate surface area is 141 Å². The minimum atomic E-state index is -0.895. The molecule has 5 heteroatoms. The number of rotatable bonds is 9. The maximum atomic E-state index is 11.0. The zero-order chi connectivity index (χ0) is 17.1. The number of allylic oxidation sites excluding steroid dienone is 3. The van der Waals surface area contributed by atoms with Crippen LogP contribution >= 0.6 is 11.6 Å². The van der Waals surface area contributed by atoms with Crippen molar-refractivity contribution in [2.75, 3.05) is 0 Å². The van der Waals surface area contributed by atoms with Gasteiger partial charge in [-0.25, -0.2) is 0 Å². The molecule has 0 spiro atoms. The number of aliphatic carboxylic acids is 1. The van der Waals surface area contributed by atoms with E-state index in [0.717, 1.165) is 12.0 Å². The molecule has 4 nitrogen and oxygen atoms in total. The molecule has 0 aliphatic rings. The maximum Gasteiger partial charge on any atom is 0.307 e. The SMILES string of the molecule is C=NC=C=C(Cl)/C=C(\C)OC(CCc1ccccc1)CC(=O)O. The summed E-state index contributed by atoms with van der Waals surface area (Å²) in [6, 6.07) is 9.87. The van der Waals surface area contributed by atoms with Gasteiger partial charge in [0.25, 0.3) is 0 Å². The Bertz CT molecular complexity index is 616. The van der Waals surface area contributed by atoms with Crippen LogP contribution in [0.15, 0.2) is 64.1 Å². The summed E-state index contributed by atoms with van der Waals surface area (Å²) < 4.78 is 5.71. The molecule has 1 aromatic carbocycles. The molecule has 1 unspecified atom stereocenters. The topological polar surface area (TPSA) is 58.9 Å². The number of hydrogen-bond acceptors (Lipinski definition) is 3. The van der Waals surface area contributed by atoms with E-state index in [1.807, 2.05) is 30.3 Å². The Kier molecular flexibility index (Phi) is 8.51. The minimum Gasteiger partial charge on any atom is -0.494 e. The molecule has 0 saturated carbocycles. The molecule has 0 aliphatic carbocycles. The fourth-order valence-corrected chi connectivity index (χ4v) is 2.20. The van der Waals surface area contributed by atoms with Gasteiger partial charge >= 0.3 is 5.97 Å². The molecule has 0 aliphatic heterocycles. The van der Waals surface area contributed by atoms with Crippen LogP contribution in [0.5, 0.6) is 0 Å². The van der Waals surface area contributed by atoms with Crippen LogP contribution in [0.1, 0.15) is 25.3 Å². The van der Waals surface area contributed by atoms with Crippen molar-refractivity contribution in [2.24, 2.45) is 4.99 Å². The predicted octanol–water partition coefficient (Wildman–Crippen LogP) is 4.32. The zero-order valence-corrected chi connectivity index (χ0v) is 13.8. The van der Waals surface area contributed by atoms with Crippen molar-refractivity contribution in [3.8, 4) is 0 Å². The molecular formula is C18H20ClNO3. The van der Waals surface area contributed by atoms with E-state index in [2.05, 4.69) is 17.4 Å². The molecule has 1 atom stereocenters. The molecule has 122 valence electrons. The van der Waals surface area contributed by atoms with E-state index in [1.54, 1.807) is 13.0 Å². The highest BCUT2D eigenvalue weighted by molar-refractivity contribution is 6.31. The summed E-state index contributed by atoms with van der Waals surface area (Å²) in [5.41, 5.74) is 3.83. The lowest BCUT2D eigenvalue weighted by molar-refractivity contribution is -0.139. The zero-order valence-electron chi connectivity index (χ0n) is 13.0. The third-order valence-corrected chi connectivity index (χ3v) is 3.19. The molecule has 0 bridgehead atoms. The summed E-state index contributed by atoms with van der Waals surface area (Å²) in [7, 11) is 0. The van der Waals surface area contributed by atoms with Gasteiger partial charge in [0, 0.05) is 6.08 Å². The molecule has 1 rings (SSSR count). The van der Waals surface area contributed by atoms with Gasteiger partial charge in [0.1, 0.15) is 6.10 Å². The van der Waals surface area contributed by atoms with E-state index in [9.17, 15) is 4.79 Å². The number of carboxylic acids is 1. The molecule has 1 N–H and O–H groups in total. The normalized spacial score (nSPS) is 12.0. The third-order valence-electron chi connectivity index (χ3n) is 2.98. The van der Waals surface area contributed by atoms with Gasteiger partial charge in [-0.15, -0.1) is 0 Å². The van der Waals surface area contributed by atoms with Crippen LogP contribution in [0.2, 0.25) is 0 Å². The first kappa shape index (κ1) is 18.8. The number of ether oxygens (including phenoxy) is 1. The second-order valence-corrected chi connectivity index (χ2v) is 5.33. The number of nitrogens with zero attached hydrogens (tertiary/aromatic N) is 1. The lowest BCUT2D eigenvalue weighted by Gasteiger charge is -2.18. The average Bonchev–Trinajstić information content (AvgIpc) is 2.51. The van der Waals surface area contributed by atoms with Crippen molar-refractivity contribution >= 4 is 24.3 Å². The van der Waals surface area contributed by atoms with E-state index >= 15 is 0 Å². The number of carbonyl (C=O) groups is 1. The van der Waals surface area contributed by atoms with Crippen LogP contribution in [-0.2, 0) is 16.0 Å². The van der Waals surface area contributed by atoms with Gasteiger partial charge in [0.2, 0.25) is 0 Å². The van der Waals surface area contributed by atoms with Gasteiger partial charge in [-0.3, -0.25) is 9.79 Å². The van der Waals surface area contributed by atoms with Crippen molar-refractivity contribution in [1.29, 1.82) is 0 Å². The van der Waals surface area contributed by atoms with Gasteiger partial charge < -0.3 is 9.84 Å². The highest BCUT2D eigenvalue weighted by Crippen LogP contribution is 2.16. The van der Waals surface area contributed by atoms with Gasteiger partial charge in [0.15, 0.2) is 0 Å². The monoisotopic (exact) mass is 333 g/mol. The van der Waals surface area contributed by atoms with E-state index < -0.39 is 12.1 Å². The summed E-state index contributed by atoms with van der Waals surface area (Å²) in [5.74, 6) is -0.368. The Balaban J connectivity index is 2.70. The average molecular weight is 334 g/mol. The smallest absolute Gasteiger partial charge is 0.307 e. The Morgan fingerprint density at radius 3 is 2.78 bits per heavy atom. The largest absolute Gasteiger partial charge is 0.494 e. The van der Waals surface area contributed by atoms with Crippen molar-refractivity contribution in [1.82, 2.24) is 0 Å². The first-order chi connectivity index (χ1) is 11.0. The number of aryl methyl sites for hydroxylation is 1. The van der Waals surface area contributed by atoms with E-state index in [4.69, 9.17) is 21.4 Å². The highest BCUT2D eigenvalue weighted by atomic mass is 35.5. The number of benzene rings is 1. The Morgan fingerprint density at radius 2 is 2.17 bits per heavy atom. The summed E-state index contributed by atoms with van der Waals surface area (Å²) in [6.07, 6.45) is 3.78. The van der Waals surface area contributed by atoms with Crippen LogP contribution in [0, 0.1) is 0 Å². The minimum absolute atomic E-state index is 0.0661. The summed E-state index contributed by atoms with van der Waals surface area (Å²) in [5, 5.41) is 9.34. The highest BCUT2D eigenvalue weighted by Gasteiger charge is 2.15. The molecular weight excluding hydrogens is 314 g/mol. The van der Waals surface area contributed by atoms with Crippen LogP contribution in [0.25, 0.3) is 0 Å². The second kappa shape index (κ2) is 10.4. The van der Waals surface area contributed by atoms with Crippen molar-refractivity contribution in [3.05, 3.63) is 64.7 Å². The Hall–Kier alpha value is -2.29. The summed E-state index contributed by atoms with van der Waals surface area (Å²) in [4.78, 5) is 14.5. The third kappa shape index (κ3) is 8.67.